The van der Waals surface area contributed by atoms with Gasteiger partial charge in [-0.2, -0.15) is 13.2 Å². The number of nitro benzene ring substituents is 1. The summed E-state index contributed by atoms with van der Waals surface area (Å²) in [4.78, 5) is 9.50. The number of nitrogens with two attached hydrogens (primary N) is 1. The quantitative estimate of drug-likeness (QED) is 0.510. The molecule has 1 aromatic rings. The second-order valence-electron chi connectivity index (χ2n) is 3.29. The molecule has 8 heteroatoms. The molecular formula is C9H8F4N2O2. The zero-order valence-corrected chi connectivity index (χ0v) is 8.37. The van der Waals surface area contributed by atoms with E-state index in [1.807, 2.05) is 0 Å². The monoisotopic (exact) mass is 252 g/mol. The highest BCUT2D eigenvalue weighted by atomic mass is 19.4. The Morgan fingerprint density at radius 3 is 2.41 bits per heavy atom. The van der Waals surface area contributed by atoms with Crippen molar-refractivity contribution >= 4 is 5.69 Å². The van der Waals surface area contributed by atoms with Crippen LogP contribution in [0.1, 0.15) is 11.5 Å². The zero-order chi connectivity index (χ0) is 13.2. The summed E-state index contributed by atoms with van der Waals surface area (Å²) in [6.45, 7) is -0.873. The van der Waals surface area contributed by atoms with Crippen LogP contribution in [0.15, 0.2) is 18.2 Å². The van der Waals surface area contributed by atoms with Crippen LogP contribution in [0.25, 0.3) is 0 Å². The number of non-ortho nitro benzene ring substituents is 1. The molecular weight excluding hydrogens is 244 g/mol. The van der Waals surface area contributed by atoms with E-state index in [-0.39, 0.29) is 0 Å². The molecule has 0 aliphatic carbocycles. The third kappa shape index (κ3) is 2.90. The van der Waals surface area contributed by atoms with Gasteiger partial charge in [0.1, 0.15) is 5.82 Å². The molecule has 0 fully saturated rings. The van der Waals surface area contributed by atoms with E-state index < -0.39 is 40.6 Å². The molecule has 0 saturated heterocycles. The van der Waals surface area contributed by atoms with Gasteiger partial charge in [-0.05, 0) is 6.07 Å². The standard InChI is InChI=1S/C9H8F4N2O2/c10-8-2-1-5(15(16)17)3-6(8)7(4-14)9(11,12)13/h1-3,7H,4,14H2. The smallest absolute Gasteiger partial charge is 0.330 e. The fraction of sp³-hybridized carbons (Fsp3) is 0.333. The lowest BCUT2D eigenvalue weighted by atomic mass is 9.97. The first-order valence-electron chi connectivity index (χ1n) is 4.48. The van der Waals surface area contributed by atoms with Gasteiger partial charge in [0.25, 0.3) is 5.69 Å². The van der Waals surface area contributed by atoms with Crippen LogP contribution in [-0.4, -0.2) is 17.6 Å². The summed E-state index contributed by atoms with van der Waals surface area (Å²) >= 11 is 0. The van der Waals surface area contributed by atoms with E-state index in [1.54, 1.807) is 0 Å². The summed E-state index contributed by atoms with van der Waals surface area (Å²) in [6.07, 6.45) is -4.75. The van der Waals surface area contributed by atoms with Gasteiger partial charge in [-0.1, -0.05) is 0 Å². The van der Waals surface area contributed by atoms with E-state index in [1.165, 1.54) is 0 Å². The van der Waals surface area contributed by atoms with Crippen LogP contribution in [0.2, 0.25) is 0 Å². The third-order valence-corrected chi connectivity index (χ3v) is 2.20. The lowest BCUT2D eigenvalue weighted by Gasteiger charge is -2.19. The molecule has 1 atom stereocenters. The highest BCUT2D eigenvalue weighted by Crippen LogP contribution is 2.36. The molecule has 1 aromatic carbocycles. The minimum absolute atomic E-state index is 0.556. The third-order valence-electron chi connectivity index (χ3n) is 2.20. The predicted molar refractivity (Wildman–Crippen MR) is 50.9 cm³/mol. The average molecular weight is 252 g/mol. The van der Waals surface area contributed by atoms with E-state index in [0.717, 1.165) is 6.07 Å². The number of halogens is 4. The Hall–Kier alpha value is -1.70. The van der Waals surface area contributed by atoms with Crippen molar-refractivity contribution in [1.29, 1.82) is 0 Å². The van der Waals surface area contributed by atoms with Gasteiger partial charge in [-0.15, -0.1) is 0 Å². The summed E-state index contributed by atoms with van der Waals surface area (Å²) in [6, 6.07) is 1.98. The molecule has 17 heavy (non-hydrogen) atoms. The van der Waals surface area contributed by atoms with Crippen LogP contribution < -0.4 is 5.73 Å². The molecule has 4 nitrogen and oxygen atoms in total. The van der Waals surface area contributed by atoms with Crippen molar-refractivity contribution in [3.8, 4) is 0 Å². The normalized spacial score (nSPS) is 13.5. The summed E-state index contributed by atoms with van der Waals surface area (Å²) in [5.41, 5.74) is 3.51. The minimum Gasteiger partial charge on any atom is -0.330 e. The fourth-order valence-corrected chi connectivity index (χ4v) is 1.35. The van der Waals surface area contributed by atoms with Crippen LogP contribution in [-0.2, 0) is 0 Å². The summed E-state index contributed by atoms with van der Waals surface area (Å²) in [5.74, 6) is -3.41. The van der Waals surface area contributed by atoms with Crippen LogP contribution in [0.3, 0.4) is 0 Å². The maximum Gasteiger partial charge on any atom is 0.397 e. The first kappa shape index (κ1) is 13.4. The second-order valence-corrected chi connectivity index (χ2v) is 3.29. The van der Waals surface area contributed by atoms with Gasteiger partial charge in [0.2, 0.25) is 0 Å². The summed E-state index contributed by atoms with van der Waals surface area (Å²) < 4.78 is 50.7. The number of rotatable bonds is 3. The molecule has 0 bridgehead atoms. The Morgan fingerprint density at radius 2 is 2.00 bits per heavy atom. The number of hydrogen-bond donors (Lipinski definition) is 1. The first-order chi connectivity index (χ1) is 7.77. The van der Waals surface area contributed by atoms with Crippen molar-refractivity contribution in [2.45, 2.75) is 12.1 Å². The van der Waals surface area contributed by atoms with Gasteiger partial charge < -0.3 is 5.73 Å². The van der Waals surface area contributed by atoms with Crippen molar-refractivity contribution in [3.05, 3.63) is 39.7 Å². The first-order valence-corrected chi connectivity index (χ1v) is 4.48. The molecule has 0 aromatic heterocycles. The second kappa shape index (κ2) is 4.66. The molecule has 0 amide bonds. The Bertz CT molecular complexity index is 433. The van der Waals surface area contributed by atoms with E-state index in [4.69, 9.17) is 5.73 Å². The highest BCUT2D eigenvalue weighted by molar-refractivity contribution is 5.37. The van der Waals surface area contributed by atoms with E-state index in [9.17, 15) is 27.7 Å². The maximum absolute atomic E-state index is 13.2. The van der Waals surface area contributed by atoms with Gasteiger partial charge in [0.05, 0.1) is 10.8 Å². The van der Waals surface area contributed by atoms with Crippen molar-refractivity contribution in [1.82, 2.24) is 0 Å². The zero-order valence-electron chi connectivity index (χ0n) is 8.37. The Morgan fingerprint density at radius 1 is 1.41 bits per heavy atom. The lowest BCUT2D eigenvalue weighted by molar-refractivity contribution is -0.385. The average Bonchev–Trinajstić information content (AvgIpc) is 2.19. The van der Waals surface area contributed by atoms with Crippen molar-refractivity contribution in [2.24, 2.45) is 5.73 Å². The van der Waals surface area contributed by atoms with Crippen molar-refractivity contribution in [2.75, 3.05) is 6.54 Å². The van der Waals surface area contributed by atoms with Crippen molar-refractivity contribution in [3.63, 3.8) is 0 Å². The molecule has 0 spiro atoms. The molecule has 0 aliphatic rings. The molecule has 1 rings (SSSR count). The predicted octanol–water partition coefficient (Wildman–Crippen LogP) is 2.34. The van der Waals surface area contributed by atoms with Crippen LogP contribution >= 0.6 is 0 Å². The largest absolute Gasteiger partial charge is 0.397 e. The molecule has 0 aliphatic heterocycles. The number of benzene rings is 1. The van der Waals surface area contributed by atoms with Crippen LogP contribution in [0, 0.1) is 15.9 Å². The van der Waals surface area contributed by atoms with Gasteiger partial charge >= 0.3 is 6.18 Å². The van der Waals surface area contributed by atoms with Gasteiger partial charge in [-0.25, -0.2) is 4.39 Å². The summed E-state index contributed by atoms with van der Waals surface area (Å²) in [5, 5.41) is 10.4. The van der Waals surface area contributed by atoms with Gasteiger partial charge in [-0.3, -0.25) is 10.1 Å². The summed E-state index contributed by atoms with van der Waals surface area (Å²) in [7, 11) is 0. The highest BCUT2D eigenvalue weighted by Gasteiger charge is 2.41. The minimum atomic E-state index is -4.75. The number of alkyl halides is 3. The molecule has 0 heterocycles. The topological polar surface area (TPSA) is 69.2 Å². The van der Waals surface area contributed by atoms with E-state index >= 15 is 0 Å². The molecule has 1 unspecified atom stereocenters. The Balaban J connectivity index is 3.28. The molecule has 0 radical (unpaired) electrons. The van der Waals surface area contributed by atoms with Crippen molar-refractivity contribution < 1.29 is 22.5 Å². The number of hydrogen-bond acceptors (Lipinski definition) is 3. The Kier molecular flexibility index (Phi) is 3.66. The lowest BCUT2D eigenvalue weighted by Crippen LogP contribution is -2.28. The van der Waals surface area contributed by atoms with Crippen LogP contribution in [0.5, 0.6) is 0 Å². The molecule has 2 N–H and O–H groups in total. The molecule has 94 valence electrons. The molecule has 0 saturated carbocycles. The van der Waals surface area contributed by atoms with Gasteiger partial charge in [0.15, 0.2) is 0 Å². The SMILES string of the molecule is NCC(c1cc([N+](=O)[O-])ccc1F)C(F)(F)F. The van der Waals surface area contributed by atoms with Crippen LogP contribution in [0.4, 0.5) is 23.2 Å². The van der Waals surface area contributed by atoms with E-state index in [0.29, 0.717) is 12.1 Å². The Labute approximate surface area is 93.2 Å². The number of nitrogens with zero attached hydrogens (tertiary/aromatic N) is 1. The number of nitro groups is 1. The van der Waals surface area contributed by atoms with E-state index in [2.05, 4.69) is 0 Å². The van der Waals surface area contributed by atoms with Gasteiger partial charge in [0, 0.05) is 24.2 Å². The maximum atomic E-state index is 13.2. The fourth-order valence-electron chi connectivity index (χ4n) is 1.35.